The molecule has 0 saturated heterocycles. The normalized spacial score (nSPS) is 20.6. The van der Waals surface area contributed by atoms with Crippen molar-refractivity contribution >= 4 is 23.3 Å². The van der Waals surface area contributed by atoms with E-state index in [-0.39, 0.29) is 17.5 Å². The molecule has 1 aliphatic rings. The molecule has 1 aromatic carbocycles. The Labute approximate surface area is 145 Å². The third-order valence-corrected chi connectivity index (χ3v) is 4.73. The number of amides is 1. The lowest BCUT2D eigenvalue weighted by atomic mass is 9.82. The van der Waals surface area contributed by atoms with Crippen molar-refractivity contribution in [1.29, 1.82) is 0 Å². The Balaban J connectivity index is 1.72. The van der Waals surface area contributed by atoms with Crippen LogP contribution in [0.15, 0.2) is 41.2 Å². The Hall–Kier alpha value is -2.14. The maximum absolute atomic E-state index is 12.1. The van der Waals surface area contributed by atoms with Crippen LogP contribution in [-0.2, 0) is 4.79 Å². The van der Waals surface area contributed by atoms with Gasteiger partial charge in [0, 0.05) is 18.0 Å². The molecule has 126 valence electrons. The number of hydrogen-bond donors (Lipinski definition) is 1. The van der Waals surface area contributed by atoms with Crippen LogP contribution in [0.25, 0.3) is 0 Å². The van der Waals surface area contributed by atoms with Gasteiger partial charge in [0.2, 0.25) is 5.91 Å². The fraction of sp³-hybridized carbons (Fsp3) is 0.389. The van der Waals surface area contributed by atoms with Crippen molar-refractivity contribution in [3.8, 4) is 0 Å². The van der Waals surface area contributed by atoms with E-state index < -0.39 is 0 Å². The number of aromatic nitrogens is 2. The minimum absolute atomic E-state index is 0.0710. The van der Waals surface area contributed by atoms with Crippen LogP contribution in [0, 0.1) is 0 Å². The molecule has 0 atom stereocenters. The first-order valence-electron chi connectivity index (χ1n) is 8.16. The molecule has 0 spiro atoms. The molecule has 0 bridgehead atoms. The highest BCUT2D eigenvalue weighted by molar-refractivity contribution is 6.30. The van der Waals surface area contributed by atoms with Crippen LogP contribution in [-0.4, -0.2) is 15.7 Å². The smallest absolute Gasteiger partial charge is 0.267 e. The van der Waals surface area contributed by atoms with Crippen LogP contribution < -0.4 is 10.9 Å². The van der Waals surface area contributed by atoms with Crippen molar-refractivity contribution in [2.24, 2.45) is 0 Å². The van der Waals surface area contributed by atoms with Gasteiger partial charge in [-0.3, -0.25) is 9.59 Å². The highest BCUT2D eigenvalue weighted by Gasteiger charge is 2.25. The summed E-state index contributed by atoms with van der Waals surface area (Å²) in [4.78, 5) is 23.3. The molecule has 6 heteroatoms. The van der Waals surface area contributed by atoms with Crippen molar-refractivity contribution in [3.05, 3.63) is 57.3 Å². The fourth-order valence-corrected chi connectivity index (χ4v) is 3.55. The SMILES string of the molecule is CC(=O)Nc1ccc(=O)n(C2CCC(c3cccc(Cl)c3)CC2)n1. The third kappa shape index (κ3) is 3.85. The van der Waals surface area contributed by atoms with Crippen LogP contribution in [0.4, 0.5) is 5.82 Å². The van der Waals surface area contributed by atoms with Gasteiger partial charge in [0.15, 0.2) is 5.82 Å². The molecule has 0 aliphatic heterocycles. The van der Waals surface area contributed by atoms with Crippen molar-refractivity contribution < 1.29 is 4.79 Å². The number of rotatable bonds is 3. The van der Waals surface area contributed by atoms with Crippen LogP contribution in [0.2, 0.25) is 5.02 Å². The van der Waals surface area contributed by atoms with Crippen LogP contribution >= 0.6 is 11.6 Å². The van der Waals surface area contributed by atoms with E-state index >= 15 is 0 Å². The summed E-state index contributed by atoms with van der Waals surface area (Å²) in [6, 6.07) is 11.1. The van der Waals surface area contributed by atoms with E-state index in [2.05, 4.69) is 16.5 Å². The van der Waals surface area contributed by atoms with Gasteiger partial charge >= 0.3 is 0 Å². The largest absolute Gasteiger partial charge is 0.310 e. The van der Waals surface area contributed by atoms with Crippen LogP contribution in [0.3, 0.4) is 0 Å². The standard InChI is InChI=1S/C18H20ClN3O2/c1-12(23)20-17-9-10-18(24)22(21-17)16-7-5-13(6-8-16)14-3-2-4-15(19)11-14/h2-4,9-11,13,16H,5-8H2,1H3,(H,20,21,23). The summed E-state index contributed by atoms with van der Waals surface area (Å²) in [6.45, 7) is 1.42. The predicted molar refractivity (Wildman–Crippen MR) is 94.5 cm³/mol. The molecular formula is C18H20ClN3O2. The summed E-state index contributed by atoms with van der Waals surface area (Å²) in [5.74, 6) is 0.686. The molecule has 1 saturated carbocycles. The lowest BCUT2D eigenvalue weighted by molar-refractivity contribution is -0.114. The van der Waals surface area contributed by atoms with E-state index in [9.17, 15) is 9.59 Å². The first kappa shape index (κ1) is 16.7. The van der Waals surface area contributed by atoms with E-state index in [1.165, 1.54) is 29.3 Å². The molecule has 1 fully saturated rings. The molecule has 1 N–H and O–H groups in total. The maximum atomic E-state index is 12.1. The van der Waals surface area contributed by atoms with Gasteiger partial charge in [-0.1, -0.05) is 23.7 Å². The van der Waals surface area contributed by atoms with Gasteiger partial charge in [-0.15, -0.1) is 0 Å². The Morgan fingerprint density at radius 2 is 1.96 bits per heavy atom. The van der Waals surface area contributed by atoms with Gasteiger partial charge in [0.1, 0.15) is 0 Å². The van der Waals surface area contributed by atoms with E-state index in [0.717, 1.165) is 30.7 Å². The lowest BCUT2D eigenvalue weighted by Crippen LogP contribution is -2.30. The quantitative estimate of drug-likeness (QED) is 0.921. The number of nitrogens with zero attached hydrogens (tertiary/aromatic N) is 2. The number of halogens is 1. The molecule has 1 aromatic heterocycles. The van der Waals surface area contributed by atoms with E-state index in [1.54, 1.807) is 0 Å². The maximum Gasteiger partial charge on any atom is 0.267 e. The minimum atomic E-state index is -0.197. The van der Waals surface area contributed by atoms with E-state index in [1.807, 2.05) is 18.2 Å². The monoisotopic (exact) mass is 345 g/mol. The van der Waals surface area contributed by atoms with Gasteiger partial charge in [0.25, 0.3) is 5.56 Å². The number of carbonyl (C=O) groups excluding carboxylic acids is 1. The molecule has 1 heterocycles. The van der Waals surface area contributed by atoms with Gasteiger partial charge < -0.3 is 5.32 Å². The van der Waals surface area contributed by atoms with Crippen molar-refractivity contribution in [2.75, 3.05) is 5.32 Å². The zero-order valence-electron chi connectivity index (χ0n) is 13.5. The summed E-state index contributed by atoms with van der Waals surface area (Å²) in [5, 5.41) is 7.69. The molecular weight excluding hydrogens is 326 g/mol. The highest BCUT2D eigenvalue weighted by Crippen LogP contribution is 2.37. The number of anilines is 1. The Bertz CT molecular complexity index is 795. The molecule has 0 radical (unpaired) electrons. The number of carbonyl (C=O) groups is 1. The molecule has 5 nitrogen and oxygen atoms in total. The zero-order valence-corrected chi connectivity index (χ0v) is 14.3. The molecule has 1 aliphatic carbocycles. The molecule has 0 unspecified atom stereocenters. The average Bonchev–Trinajstić information content (AvgIpc) is 2.56. The van der Waals surface area contributed by atoms with Crippen LogP contribution in [0.1, 0.15) is 50.1 Å². The lowest BCUT2D eigenvalue weighted by Gasteiger charge is -2.29. The summed E-state index contributed by atoms with van der Waals surface area (Å²) in [5.41, 5.74) is 1.13. The van der Waals surface area contributed by atoms with Gasteiger partial charge in [-0.25, -0.2) is 4.68 Å². The van der Waals surface area contributed by atoms with Crippen LogP contribution in [0.5, 0.6) is 0 Å². The van der Waals surface area contributed by atoms with Gasteiger partial charge in [-0.05, 0) is 55.4 Å². The van der Waals surface area contributed by atoms with Gasteiger partial charge in [-0.2, -0.15) is 5.10 Å². The topological polar surface area (TPSA) is 64.0 Å². The van der Waals surface area contributed by atoms with Crippen molar-refractivity contribution in [3.63, 3.8) is 0 Å². The third-order valence-electron chi connectivity index (χ3n) is 4.49. The Kier molecular flexibility index (Phi) is 5.00. The fourth-order valence-electron chi connectivity index (χ4n) is 3.35. The second kappa shape index (κ2) is 7.18. The summed E-state index contributed by atoms with van der Waals surface area (Å²) >= 11 is 6.08. The first-order chi connectivity index (χ1) is 11.5. The summed E-state index contributed by atoms with van der Waals surface area (Å²) < 4.78 is 1.51. The second-order valence-electron chi connectivity index (χ2n) is 6.24. The average molecular weight is 346 g/mol. The van der Waals surface area contributed by atoms with E-state index in [0.29, 0.717) is 11.7 Å². The first-order valence-corrected chi connectivity index (χ1v) is 8.53. The van der Waals surface area contributed by atoms with Crippen molar-refractivity contribution in [2.45, 2.75) is 44.6 Å². The van der Waals surface area contributed by atoms with Crippen molar-refractivity contribution in [1.82, 2.24) is 9.78 Å². The molecule has 2 aromatic rings. The number of benzene rings is 1. The summed E-state index contributed by atoms with van der Waals surface area (Å²) in [7, 11) is 0. The zero-order chi connectivity index (χ0) is 17.1. The summed E-state index contributed by atoms with van der Waals surface area (Å²) in [6.07, 6.45) is 3.74. The Morgan fingerprint density at radius 3 is 2.62 bits per heavy atom. The second-order valence-corrected chi connectivity index (χ2v) is 6.68. The van der Waals surface area contributed by atoms with Gasteiger partial charge in [0.05, 0.1) is 6.04 Å². The number of hydrogen-bond acceptors (Lipinski definition) is 3. The number of nitrogens with one attached hydrogen (secondary N) is 1. The van der Waals surface area contributed by atoms with E-state index in [4.69, 9.17) is 11.6 Å². The molecule has 24 heavy (non-hydrogen) atoms. The molecule has 3 rings (SSSR count). The molecule has 1 amide bonds. The predicted octanol–water partition coefficient (Wildman–Crippen LogP) is 3.75. The minimum Gasteiger partial charge on any atom is -0.310 e. The Morgan fingerprint density at radius 1 is 1.21 bits per heavy atom. The highest BCUT2D eigenvalue weighted by atomic mass is 35.5.